The Balaban J connectivity index is 3.14. The molecule has 2 nitrogen and oxygen atoms in total. The van der Waals surface area contributed by atoms with Gasteiger partial charge >= 0.3 is 0 Å². The third-order valence-corrected chi connectivity index (χ3v) is 2.18. The minimum Gasteiger partial charge on any atom is -0.378 e. The summed E-state index contributed by atoms with van der Waals surface area (Å²) in [7, 11) is 0. The van der Waals surface area contributed by atoms with E-state index in [4.69, 9.17) is 4.74 Å². The molecular weight excluding hydrogens is 174 g/mol. The maximum Gasteiger partial charge on any atom is 0.0559 e. The molecule has 0 saturated carbocycles. The van der Waals surface area contributed by atoms with Gasteiger partial charge in [0.2, 0.25) is 0 Å². The Hall–Kier alpha value is -0.0800. The summed E-state index contributed by atoms with van der Waals surface area (Å²) in [4.78, 5) is 0. The lowest BCUT2D eigenvalue weighted by atomic mass is 10.2. The van der Waals surface area contributed by atoms with Crippen LogP contribution in [0.25, 0.3) is 0 Å². The van der Waals surface area contributed by atoms with Gasteiger partial charge in [-0.05, 0) is 38.8 Å². The summed E-state index contributed by atoms with van der Waals surface area (Å²) in [5, 5.41) is 3.43. The van der Waals surface area contributed by atoms with Crippen molar-refractivity contribution in [3.8, 4) is 0 Å². The summed E-state index contributed by atoms with van der Waals surface area (Å²) in [6.07, 6.45) is 3.93. The van der Waals surface area contributed by atoms with Gasteiger partial charge in [-0.2, -0.15) is 0 Å². The third-order valence-electron chi connectivity index (χ3n) is 2.18. The van der Waals surface area contributed by atoms with Crippen LogP contribution in [-0.2, 0) is 4.74 Å². The second-order valence-electron chi connectivity index (χ2n) is 4.42. The van der Waals surface area contributed by atoms with Crippen LogP contribution in [0.4, 0.5) is 0 Å². The van der Waals surface area contributed by atoms with Crippen molar-refractivity contribution in [2.45, 2.75) is 53.1 Å². The maximum atomic E-state index is 5.65. The molecule has 0 amide bonds. The average molecular weight is 201 g/mol. The molecule has 0 heterocycles. The van der Waals surface area contributed by atoms with E-state index >= 15 is 0 Å². The average Bonchev–Trinajstić information content (AvgIpc) is 2.13. The van der Waals surface area contributed by atoms with Crippen LogP contribution in [0.5, 0.6) is 0 Å². The zero-order chi connectivity index (χ0) is 10.8. The van der Waals surface area contributed by atoms with Crippen molar-refractivity contribution in [3.05, 3.63) is 0 Å². The first-order valence-electron chi connectivity index (χ1n) is 5.99. The van der Waals surface area contributed by atoms with E-state index in [0.29, 0.717) is 6.10 Å². The molecule has 0 aliphatic heterocycles. The van der Waals surface area contributed by atoms with Crippen molar-refractivity contribution in [2.24, 2.45) is 5.92 Å². The molecule has 1 N–H and O–H groups in total. The van der Waals surface area contributed by atoms with Gasteiger partial charge in [-0.25, -0.2) is 0 Å². The predicted octanol–water partition coefficient (Wildman–Crippen LogP) is 2.83. The largest absolute Gasteiger partial charge is 0.378 e. The second-order valence-corrected chi connectivity index (χ2v) is 4.42. The van der Waals surface area contributed by atoms with Crippen molar-refractivity contribution in [1.82, 2.24) is 5.32 Å². The smallest absolute Gasteiger partial charge is 0.0559 e. The molecule has 1 atom stereocenters. The lowest BCUT2D eigenvalue weighted by Crippen LogP contribution is -2.24. The number of rotatable bonds is 9. The number of hydrogen-bond donors (Lipinski definition) is 1. The van der Waals surface area contributed by atoms with Crippen LogP contribution >= 0.6 is 0 Å². The summed E-state index contributed by atoms with van der Waals surface area (Å²) in [5.41, 5.74) is 0. The Bertz CT molecular complexity index is 115. The molecule has 0 aromatic rings. The molecule has 0 rings (SSSR count). The van der Waals surface area contributed by atoms with E-state index in [2.05, 4.69) is 33.0 Å². The van der Waals surface area contributed by atoms with E-state index in [1.807, 2.05) is 0 Å². The van der Waals surface area contributed by atoms with Gasteiger partial charge in [-0.1, -0.05) is 27.2 Å². The topological polar surface area (TPSA) is 21.3 Å². The van der Waals surface area contributed by atoms with Gasteiger partial charge < -0.3 is 10.1 Å². The molecule has 0 fully saturated rings. The van der Waals surface area contributed by atoms with Crippen LogP contribution in [0.15, 0.2) is 0 Å². The van der Waals surface area contributed by atoms with Gasteiger partial charge in [0.25, 0.3) is 0 Å². The van der Waals surface area contributed by atoms with Crippen LogP contribution in [-0.4, -0.2) is 25.8 Å². The molecule has 14 heavy (non-hydrogen) atoms. The first-order valence-corrected chi connectivity index (χ1v) is 5.99. The summed E-state index contributed by atoms with van der Waals surface area (Å²) in [5.74, 6) is 0.742. The molecule has 0 radical (unpaired) electrons. The second kappa shape index (κ2) is 9.47. The van der Waals surface area contributed by atoms with E-state index in [0.717, 1.165) is 32.0 Å². The molecule has 0 aliphatic carbocycles. The normalized spacial score (nSPS) is 13.5. The van der Waals surface area contributed by atoms with Gasteiger partial charge in [-0.15, -0.1) is 0 Å². The van der Waals surface area contributed by atoms with Crippen molar-refractivity contribution in [3.63, 3.8) is 0 Å². The molecule has 0 bridgehead atoms. The minimum atomic E-state index is 0.404. The molecule has 86 valence electrons. The Morgan fingerprint density at radius 1 is 1.21 bits per heavy atom. The van der Waals surface area contributed by atoms with Crippen LogP contribution in [0.2, 0.25) is 0 Å². The van der Waals surface area contributed by atoms with Crippen LogP contribution < -0.4 is 5.32 Å². The summed E-state index contributed by atoms with van der Waals surface area (Å²) in [6, 6.07) is 0. The zero-order valence-electron chi connectivity index (χ0n) is 10.3. The lowest BCUT2D eigenvalue weighted by molar-refractivity contribution is 0.0584. The monoisotopic (exact) mass is 201 g/mol. The van der Waals surface area contributed by atoms with E-state index in [9.17, 15) is 0 Å². The van der Waals surface area contributed by atoms with Gasteiger partial charge in [0, 0.05) is 6.61 Å². The van der Waals surface area contributed by atoms with E-state index in [-0.39, 0.29) is 0 Å². The van der Waals surface area contributed by atoms with E-state index in [1.54, 1.807) is 0 Å². The highest BCUT2D eigenvalue weighted by Crippen LogP contribution is 1.99. The Labute approximate surface area is 89.4 Å². The maximum absolute atomic E-state index is 5.65. The lowest BCUT2D eigenvalue weighted by Gasteiger charge is -2.13. The molecule has 0 aliphatic rings. The molecular formula is C12H27NO. The number of ether oxygens (including phenoxy) is 1. The summed E-state index contributed by atoms with van der Waals surface area (Å²) >= 11 is 0. The minimum absolute atomic E-state index is 0.404. The molecule has 0 aromatic heterocycles. The van der Waals surface area contributed by atoms with Crippen molar-refractivity contribution in [1.29, 1.82) is 0 Å². The van der Waals surface area contributed by atoms with Gasteiger partial charge in [0.15, 0.2) is 0 Å². The first kappa shape index (κ1) is 13.9. The number of nitrogens with one attached hydrogen (secondary N) is 1. The fraction of sp³-hybridized carbons (Fsp3) is 1.00. The Morgan fingerprint density at radius 2 is 1.93 bits per heavy atom. The van der Waals surface area contributed by atoms with E-state index in [1.165, 1.54) is 12.8 Å². The fourth-order valence-electron chi connectivity index (χ4n) is 1.21. The standard InChI is InChI=1S/C12H27NO/c1-5-6-9-14-12(4)7-8-13-10-11(2)3/h11-13H,5-10H2,1-4H3. The molecule has 0 aromatic carbocycles. The zero-order valence-corrected chi connectivity index (χ0v) is 10.3. The van der Waals surface area contributed by atoms with Crippen molar-refractivity contribution < 1.29 is 4.74 Å². The highest BCUT2D eigenvalue weighted by atomic mass is 16.5. The Morgan fingerprint density at radius 3 is 2.50 bits per heavy atom. The molecule has 2 heteroatoms. The molecule has 0 saturated heterocycles. The summed E-state index contributed by atoms with van der Waals surface area (Å²) in [6.45, 7) is 11.9. The highest BCUT2D eigenvalue weighted by molar-refractivity contribution is 4.56. The van der Waals surface area contributed by atoms with Crippen LogP contribution in [0.1, 0.15) is 47.0 Å². The third kappa shape index (κ3) is 10.0. The number of hydrogen-bond acceptors (Lipinski definition) is 2. The van der Waals surface area contributed by atoms with Crippen LogP contribution in [0, 0.1) is 5.92 Å². The van der Waals surface area contributed by atoms with Gasteiger partial charge in [0.05, 0.1) is 6.10 Å². The van der Waals surface area contributed by atoms with Crippen molar-refractivity contribution >= 4 is 0 Å². The SMILES string of the molecule is CCCCOC(C)CCNCC(C)C. The fourth-order valence-corrected chi connectivity index (χ4v) is 1.21. The van der Waals surface area contributed by atoms with Crippen molar-refractivity contribution in [2.75, 3.05) is 19.7 Å². The summed E-state index contributed by atoms with van der Waals surface area (Å²) < 4.78 is 5.65. The first-order chi connectivity index (χ1) is 6.66. The van der Waals surface area contributed by atoms with Gasteiger partial charge in [0.1, 0.15) is 0 Å². The molecule has 1 unspecified atom stereocenters. The van der Waals surface area contributed by atoms with E-state index < -0.39 is 0 Å². The molecule has 0 spiro atoms. The Kier molecular flexibility index (Phi) is 9.42. The predicted molar refractivity (Wildman–Crippen MR) is 62.6 cm³/mol. The van der Waals surface area contributed by atoms with Crippen LogP contribution in [0.3, 0.4) is 0 Å². The highest BCUT2D eigenvalue weighted by Gasteiger charge is 2.01. The van der Waals surface area contributed by atoms with Gasteiger partial charge in [-0.3, -0.25) is 0 Å². The number of unbranched alkanes of at least 4 members (excludes halogenated alkanes) is 1. The quantitative estimate of drug-likeness (QED) is 0.579.